The first-order valence-electron chi connectivity index (χ1n) is 4.11. The van der Waals surface area contributed by atoms with E-state index >= 15 is 0 Å². The van der Waals surface area contributed by atoms with Gasteiger partial charge in [0, 0.05) is 6.20 Å². The van der Waals surface area contributed by atoms with E-state index in [4.69, 9.17) is 41.2 Å². The van der Waals surface area contributed by atoms with Crippen molar-refractivity contribution >= 4 is 40.4 Å². The van der Waals surface area contributed by atoms with Crippen molar-refractivity contribution in [1.82, 2.24) is 19.7 Å². The van der Waals surface area contributed by atoms with E-state index in [0.717, 1.165) is 0 Å². The highest BCUT2D eigenvalue weighted by Crippen LogP contribution is 2.20. The van der Waals surface area contributed by atoms with Gasteiger partial charge in [-0.25, -0.2) is 14.6 Å². The number of pyridine rings is 1. The second kappa shape index (κ2) is 4.32. The predicted molar refractivity (Wildman–Crippen MR) is 65.1 cm³/mol. The maximum atomic E-state index is 5.95. The zero-order chi connectivity index (χ0) is 11.7. The lowest BCUT2D eigenvalue weighted by molar-refractivity contribution is 0.842. The number of nitrogens with two attached hydrogens (primary N) is 1. The molecule has 5 nitrogen and oxygen atoms in total. The molecule has 0 fully saturated rings. The Balaban J connectivity index is 2.46. The molecule has 2 N–H and O–H groups in total. The Kier molecular flexibility index (Phi) is 3.04. The summed E-state index contributed by atoms with van der Waals surface area (Å²) in [6, 6.07) is 1.56. The SMILES string of the molecule is NC(=S)c1ncn(-c2ncc(Cl)cc2Cl)n1. The first-order chi connectivity index (χ1) is 7.58. The van der Waals surface area contributed by atoms with E-state index in [2.05, 4.69) is 15.1 Å². The average molecular weight is 274 g/mol. The summed E-state index contributed by atoms with van der Waals surface area (Å²) >= 11 is 16.4. The van der Waals surface area contributed by atoms with Crippen molar-refractivity contribution in [2.45, 2.75) is 0 Å². The van der Waals surface area contributed by atoms with E-state index in [0.29, 0.717) is 15.9 Å². The van der Waals surface area contributed by atoms with Crippen LogP contribution in [0.5, 0.6) is 0 Å². The van der Waals surface area contributed by atoms with E-state index in [-0.39, 0.29) is 10.8 Å². The lowest BCUT2D eigenvalue weighted by Crippen LogP contribution is -2.12. The van der Waals surface area contributed by atoms with Crippen LogP contribution in [0, 0.1) is 0 Å². The van der Waals surface area contributed by atoms with Crippen molar-refractivity contribution in [3.8, 4) is 5.82 Å². The van der Waals surface area contributed by atoms with Crippen molar-refractivity contribution < 1.29 is 0 Å². The van der Waals surface area contributed by atoms with E-state index in [1.165, 1.54) is 17.2 Å². The summed E-state index contributed by atoms with van der Waals surface area (Å²) in [6.07, 6.45) is 2.89. The fraction of sp³-hybridized carbons (Fsp3) is 0. The Bertz CT molecular complexity index is 553. The van der Waals surface area contributed by atoms with Gasteiger partial charge in [-0.1, -0.05) is 35.4 Å². The largest absolute Gasteiger partial charge is 0.387 e. The average Bonchev–Trinajstić information content (AvgIpc) is 2.66. The van der Waals surface area contributed by atoms with Crippen LogP contribution in [0.1, 0.15) is 5.82 Å². The molecule has 0 aromatic carbocycles. The van der Waals surface area contributed by atoms with Gasteiger partial charge in [-0.15, -0.1) is 5.10 Å². The van der Waals surface area contributed by atoms with Crippen molar-refractivity contribution in [2.24, 2.45) is 5.73 Å². The Morgan fingerprint density at radius 2 is 2.12 bits per heavy atom. The fourth-order valence-corrected chi connectivity index (χ4v) is 1.61. The molecule has 0 atom stereocenters. The molecular weight excluding hydrogens is 269 g/mol. The zero-order valence-electron chi connectivity index (χ0n) is 7.76. The smallest absolute Gasteiger partial charge is 0.208 e. The molecule has 0 aliphatic rings. The molecule has 0 aliphatic heterocycles. The third kappa shape index (κ3) is 2.13. The molecule has 16 heavy (non-hydrogen) atoms. The zero-order valence-corrected chi connectivity index (χ0v) is 10.1. The van der Waals surface area contributed by atoms with Gasteiger partial charge in [-0.3, -0.25) is 0 Å². The Labute approximate surface area is 106 Å². The van der Waals surface area contributed by atoms with E-state index in [1.807, 2.05) is 0 Å². The summed E-state index contributed by atoms with van der Waals surface area (Å²) in [6.45, 7) is 0. The third-order valence-corrected chi connectivity index (χ3v) is 2.39. The summed E-state index contributed by atoms with van der Waals surface area (Å²) in [7, 11) is 0. The third-order valence-electron chi connectivity index (χ3n) is 1.72. The molecule has 0 saturated heterocycles. The molecule has 2 aromatic heterocycles. The second-order valence-electron chi connectivity index (χ2n) is 2.84. The van der Waals surface area contributed by atoms with Crippen LogP contribution >= 0.6 is 35.4 Å². The molecule has 0 saturated carbocycles. The molecule has 8 heteroatoms. The van der Waals surface area contributed by atoms with Crippen molar-refractivity contribution in [2.75, 3.05) is 0 Å². The van der Waals surface area contributed by atoms with Crippen molar-refractivity contribution in [3.05, 3.63) is 34.5 Å². The fourth-order valence-electron chi connectivity index (χ4n) is 1.05. The molecule has 0 unspecified atom stereocenters. The molecule has 0 amide bonds. The van der Waals surface area contributed by atoms with Gasteiger partial charge < -0.3 is 5.73 Å². The number of hydrogen-bond acceptors (Lipinski definition) is 4. The number of hydrogen-bond donors (Lipinski definition) is 1. The summed E-state index contributed by atoms with van der Waals surface area (Å²) < 4.78 is 1.38. The number of aromatic nitrogens is 4. The molecule has 2 aromatic rings. The second-order valence-corrected chi connectivity index (χ2v) is 4.12. The first-order valence-corrected chi connectivity index (χ1v) is 5.27. The van der Waals surface area contributed by atoms with E-state index in [1.54, 1.807) is 6.07 Å². The van der Waals surface area contributed by atoms with Crippen LogP contribution in [0.25, 0.3) is 5.82 Å². The number of rotatable bonds is 2. The minimum atomic E-state index is 0.115. The van der Waals surface area contributed by atoms with Gasteiger partial charge in [0.2, 0.25) is 5.82 Å². The predicted octanol–water partition coefficient (Wildman–Crippen LogP) is 1.60. The summed E-state index contributed by atoms with van der Waals surface area (Å²) in [4.78, 5) is 8.06. The molecule has 2 heterocycles. The molecule has 0 radical (unpaired) electrons. The standard InChI is InChI=1S/C8H5Cl2N5S/c9-4-1-5(10)8(12-2-4)15-3-13-7(14-15)6(11)16/h1-3H,(H2,11,16). The van der Waals surface area contributed by atoms with Crippen LogP contribution in [-0.4, -0.2) is 24.7 Å². The molecule has 0 spiro atoms. The van der Waals surface area contributed by atoms with Gasteiger partial charge >= 0.3 is 0 Å². The van der Waals surface area contributed by atoms with Gasteiger partial charge in [0.05, 0.1) is 10.0 Å². The number of thiocarbonyl (C=S) groups is 1. The lowest BCUT2D eigenvalue weighted by atomic mass is 10.4. The van der Waals surface area contributed by atoms with E-state index < -0.39 is 0 Å². The summed E-state index contributed by atoms with van der Waals surface area (Å²) in [5, 5.41) is 4.83. The molecule has 0 bridgehead atoms. The van der Waals surface area contributed by atoms with Crippen LogP contribution in [0.15, 0.2) is 18.6 Å². The monoisotopic (exact) mass is 273 g/mol. The lowest BCUT2D eigenvalue weighted by Gasteiger charge is -2.01. The Morgan fingerprint density at radius 1 is 1.38 bits per heavy atom. The topological polar surface area (TPSA) is 69.6 Å². The minimum Gasteiger partial charge on any atom is -0.387 e. The molecule has 82 valence electrons. The van der Waals surface area contributed by atoms with Crippen molar-refractivity contribution in [3.63, 3.8) is 0 Å². The number of nitrogens with zero attached hydrogens (tertiary/aromatic N) is 4. The highest BCUT2D eigenvalue weighted by atomic mass is 35.5. The number of halogens is 2. The van der Waals surface area contributed by atoms with Crippen LogP contribution < -0.4 is 5.73 Å². The summed E-state index contributed by atoms with van der Waals surface area (Å²) in [5.41, 5.74) is 5.39. The Hall–Kier alpha value is -1.24. The Morgan fingerprint density at radius 3 is 2.69 bits per heavy atom. The summed E-state index contributed by atoms with van der Waals surface area (Å²) in [5.74, 6) is 0.684. The quantitative estimate of drug-likeness (QED) is 0.842. The molecule has 2 rings (SSSR count). The van der Waals surface area contributed by atoms with Crippen molar-refractivity contribution in [1.29, 1.82) is 0 Å². The van der Waals surface area contributed by atoms with Gasteiger partial charge in [-0.05, 0) is 6.07 Å². The van der Waals surface area contributed by atoms with Gasteiger partial charge in [0.1, 0.15) is 11.3 Å². The molecular formula is C8H5Cl2N5S. The van der Waals surface area contributed by atoms with Gasteiger partial charge in [-0.2, -0.15) is 0 Å². The maximum Gasteiger partial charge on any atom is 0.208 e. The van der Waals surface area contributed by atoms with Gasteiger partial charge in [0.25, 0.3) is 0 Å². The minimum absolute atomic E-state index is 0.115. The van der Waals surface area contributed by atoms with Gasteiger partial charge in [0.15, 0.2) is 5.82 Å². The van der Waals surface area contributed by atoms with Crippen LogP contribution in [0.2, 0.25) is 10.0 Å². The van der Waals surface area contributed by atoms with Crippen LogP contribution in [-0.2, 0) is 0 Å². The van der Waals surface area contributed by atoms with E-state index in [9.17, 15) is 0 Å². The maximum absolute atomic E-state index is 5.95. The van der Waals surface area contributed by atoms with Crippen LogP contribution in [0.3, 0.4) is 0 Å². The van der Waals surface area contributed by atoms with Crippen LogP contribution in [0.4, 0.5) is 0 Å². The first kappa shape index (κ1) is 11.3. The highest BCUT2D eigenvalue weighted by Gasteiger charge is 2.09. The normalized spacial score (nSPS) is 10.4. The highest BCUT2D eigenvalue weighted by molar-refractivity contribution is 7.80. The molecule has 0 aliphatic carbocycles.